The van der Waals surface area contributed by atoms with Gasteiger partial charge < -0.3 is 10.1 Å². The van der Waals surface area contributed by atoms with Gasteiger partial charge in [-0.15, -0.1) is 0 Å². The number of carbonyl (C=O) groups excluding carboxylic acids is 1. The van der Waals surface area contributed by atoms with E-state index >= 15 is 0 Å². The number of hydrogen-bond acceptors (Lipinski definition) is 3. The SMILES string of the molecule is CCOc1ccccc1CCNC(=O)/C=C/Sc1ccccc1. The molecule has 3 nitrogen and oxygen atoms in total. The van der Waals surface area contributed by atoms with Gasteiger partial charge in [-0.2, -0.15) is 0 Å². The molecule has 0 aromatic heterocycles. The first-order valence-corrected chi connectivity index (χ1v) is 8.54. The Labute approximate surface area is 141 Å². The largest absolute Gasteiger partial charge is 0.494 e. The molecule has 0 aliphatic carbocycles. The van der Waals surface area contributed by atoms with E-state index in [4.69, 9.17) is 4.74 Å². The fourth-order valence-corrected chi connectivity index (χ4v) is 2.72. The molecule has 0 bridgehead atoms. The Balaban J connectivity index is 1.74. The molecule has 0 unspecified atom stereocenters. The molecule has 23 heavy (non-hydrogen) atoms. The highest BCUT2D eigenvalue weighted by Gasteiger charge is 2.02. The molecule has 0 heterocycles. The highest BCUT2D eigenvalue weighted by Crippen LogP contribution is 2.18. The van der Waals surface area contributed by atoms with Crippen molar-refractivity contribution >= 4 is 17.7 Å². The van der Waals surface area contributed by atoms with E-state index in [0.29, 0.717) is 13.2 Å². The van der Waals surface area contributed by atoms with Crippen molar-refractivity contribution in [2.24, 2.45) is 0 Å². The van der Waals surface area contributed by atoms with E-state index in [1.165, 1.54) is 11.8 Å². The van der Waals surface area contributed by atoms with E-state index in [9.17, 15) is 4.79 Å². The molecular formula is C19H21NO2S. The molecule has 0 saturated carbocycles. The number of para-hydroxylation sites is 1. The van der Waals surface area contributed by atoms with Crippen LogP contribution in [0.1, 0.15) is 12.5 Å². The minimum absolute atomic E-state index is 0.0812. The average molecular weight is 327 g/mol. The van der Waals surface area contributed by atoms with E-state index in [1.807, 2.05) is 61.5 Å². The van der Waals surface area contributed by atoms with E-state index in [1.54, 1.807) is 11.5 Å². The molecule has 4 heteroatoms. The number of hydrogen-bond donors (Lipinski definition) is 1. The number of rotatable bonds is 8. The van der Waals surface area contributed by atoms with Crippen LogP contribution in [0.4, 0.5) is 0 Å². The second-order valence-electron chi connectivity index (χ2n) is 4.82. The predicted molar refractivity (Wildman–Crippen MR) is 95.8 cm³/mol. The fraction of sp³-hybridized carbons (Fsp3) is 0.211. The van der Waals surface area contributed by atoms with Crippen molar-refractivity contribution in [1.29, 1.82) is 0 Å². The van der Waals surface area contributed by atoms with Crippen LogP contribution < -0.4 is 10.1 Å². The van der Waals surface area contributed by atoms with Crippen LogP contribution in [0.5, 0.6) is 5.75 Å². The smallest absolute Gasteiger partial charge is 0.244 e. The summed E-state index contributed by atoms with van der Waals surface area (Å²) < 4.78 is 5.58. The fourth-order valence-electron chi connectivity index (χ4n) is 2.06. The normalized spacial score (nSPS) is 10.7. The number of carbonyl (C=O) groups is 1. The van der Waals surface area contributed by atoms with Gasteiger partial charge in [0.2, 0.25) is 5.91 Å². The van der Waals surface area contributed by atoms with Gasteiger partial charge in [0.15, 0.2) is 0 Å². The maximum absolute atomic E-state index is 11.8. The van der Waals surface area contributed by atoms with Gasteiger partial charge in [0, 0.05) is 17.5 Å². The van der Waals surface area contributed by atoms with Crippen LogP contribution in [0, 0.1) is 0 Å². The van der Waals surface area contributed by atoms with Crippen molar-refractivity contribution in [2.75, 3.05) is 13.2 Å². The lowest BCUT2D eigenvalue weighted by atomic mass is 10.1. The molecule has 0 aliphatic rings. The maximum atomic E-state index is 11.8. The van der Waals surface area contributed by atoms with Gasteiger partial charge in [-0.25, -0.2) is 0 Å². The predicted octanol–water partition coefficient (Wildman–Crippen LogP) is 4.05. The van der Waals surface area contributed by atoms with Crippen molar-refractivity contribution in [3.8, 4) is 5.75 Å². The first kappa shape index (κ1) is 17.2. The number of ether oxygens (including phenoxy) is 1. The Morgan fingerprint density at radius 3 is 2.65 bits per heavy atom. The molecule has 0 fully saturated rings. The van der Waals surface area contributed by atoms with Gasteiger partial charge >= 0.3 is 0 Å². The monoisotopic (exact) mass is 327 g/mol. The van der Waals surface area contributed by atoms with Crippen molar-refractivity contribution < 1.29 is 9.53 Å². The van der Waals surface area contributed by atoms with Gasteiger partial charge in [0.25, 0.3) is 0 Å². The summed E-state index contributed by atoms with van der Waals surface area (Å²) in [5, 5.41) is 4.70. The lowest BCUT2D eigenvalue weighted by molar-refractivity contribution is -0.116. The molecule has 2 aromatic rings. The molecule has 1 amide bonds. The lowest BCUT2D eigenvalue weighted by Gasteiger charge is -2.09. The second-order valence-corrected chi connectivity index (χ2v) is 5.79. The third kappa shape index (κ3) is 6.20. The molecule has 2 rings (SSSR count). The Hall–Kier alpha value is -2.20. The molecule has 1 N–H and O–H groups in total. The third-order valence-corrected chi connectivity index (χ3v) is 3.95. The van der Waals surface area contributed by atoms with E-state index < -0.39 is 0 Å². The zero-order valence-electron chi connectivity index (χ0n) is 13.2. The number of benzene rings is 2. The number of nitrogens with one attached hydrogen (secondary N) is 1. The molecular weight excluding hydrogens is 306 g/mol. The van der Waals surface area contributed by atoms with Crippen LogP contribution in [0.25, 0.3) is 0 Å². The molecule has 0 spiro atoms. The molecule has 0 aliphatic heterocycles. The first-order chi connectivity index (χ1) is 11.3. The summed E-state index contributed by atoms with van der Waals surface area (Å²) in [6.07, 6.45) is 2.31. The Morgan fingerprint density at radius 2 is 1.87 bits per heavy atom. The maximum Gasteiger partial charge on any atom is 0.244 e. The minimum atomic E-state index is -0.0812. The average Bonchev–Trinajstić information content (AvgIpc) is 2.58. The molecule has 0 atom stereocenters. The second kappa shape index (κ2) is 9.74. The summed E-state index contributed by atoms with van der Waals surface area (Å²) in [6.45, 7) is 3.19. The van der Waals surface area contributed by atoms with Gasteiger partial charge in [0.1, 0.15) is 5.75 Å². The van der Waals surface area contributed by atoms with Crippen LogP contribution >= 0.6 is 11.8 Å². The standard InChI is InChI=1S/C19H21NO2S/c1-2-22-18-11-7-6-8-16(18)12-14-20-19(21)13-15-23-17-9-4-3-5-10-17/h3-11,13,15H,2,12,14H2,1H3,(H,20,21)/b15-13+. The van der Waals surface area contributed by atoms with Gasteiger partial charge in [-0.3, -0.25) is 4.79 Å². The molecule has 0 saturated heterocycles. The highest BCUT2D eigenvalue weighted by atomic mass is 32.2. The van der Waals surface area contributed by atoms with E-state index in [-0.39, 0.29) is 5.91 Å². The van der Waals surface area contributed by atoms with E-state index in [0.717, 1.165) is 22.6 Å². The van der Waals surface area contributed by atoms with Gasteiger partial charge in [-0.1, -0.05) is 48.2 Å². The van der Waals surface area contributed by atoms with Crippen molar-refractivity contribution in [2.45, 2.75) is 18.2 Å². The van der Waals surface area contributed by atoms with Crippen molar-refractivity contribution in [3.05, 3.63) is 71.6 Å². The third-order valence-electron chi connectivity index (χ3n) is 3.13. The van der Waals surface area contributed by atoms with Crippen LogP contribution in [0.15, 0.2) is 71.0 Å². The highest BCUT2D eigenvalue weighted by molar-refractivity contribution is 8.02. The summed E-state index contributed by atoms with van der Waals surface area (Å²) in [5.41, 5.74) is 1.11. The molecule has 120 valence electrons. The van der Waals surface area contributed by atoms with Crippen LogP contribution in [0.2, 0.25) is 0 Å². The molecule has 0 radical (unpaired) electrons. The van der Waals surface area contributed by atoms with Gasteiger partial charge in [-0.05, 0) is 42.5 Å². The van der Waals surface area contributed by atoms with Crippen LogP contribution in [-0.2, 0) is 11.2 Å². The zero-order chi connectivity index (χ0) is 16.3. The quantitative estimate of drug-likeness (QED) is 0.587. The Bertz CT molecular complexity index is 641. The van der Waals surface area contributed by atoms with Crippen LogP contribution in [0.3, 0.4) is 0 Å². The summed E-state index contributed by atoms with van der Waals surface area (Å²) >= 11 is 1.53. The summed E-state index contributed by atoms with van der Waals surface area (Å²) in [4.78, 5) is 12.9. The number of amides is 1. The summed E-state index contributed by atoms with van der Waals surface area (Å²) in [7, 11) is 0. The van der Waals surface area contributed by atoms with Crippen molar-refractivity contribution in [3.63, 3.8) is 0 Å². The lowest BCUT2D eigenvalue weighted by Crippen LogP contribution is -2.23. The van der Waals surface area contributed by atoms with Crippen LogP contribution in [-0.4, -0.2) is 19.1 Å². The first-order valence-electron chi connectivity index (χ1n) is 7.66. The minimum Gasteiger partial charge on any atom is -0.494 e. The van der Waals surface area contributed by atoms with Gasteiger partial charge in [0.05, 0.1) is 6.61 Å². The van der Waals surface area contributed by atoms with E-state index in [2.05, 4.69) is 5.32 Å². The Kier molecular flexibility index (Phi) is 7.27. The van der Waals surface area contributed by atoms with Crippen molar-refractivity contribution in [1.82, 2.24) is 5.32 Å². The molecule has 2 aromatic carbocycles. The Morgan fingerprint density at radius 1 is 1.13 bits per heavy atom. The number of thioether (sulfide) groups is 1. The topological polar surface area (TPSA) is 38.3 Å². The summed E-state index contributed by atoms with van der Waals surface area (Å²) in [6, 6.07) is 17.9. The zero-order valence-corrected chi connectivity index (χ0v) is 14.0. The summed E-state index contributed by atoms with van der Waals surface area (Å²) in [5.74, 6) is 0.807.